The molecule has 1 N–H and O–H groups in total. The van der Waals surface area contributed by atoms with Crippen molar-refractivity contribution in [3.63, 3.8) is 0 Å². The van der Waals surface area contributed by atoms with Gasteiger partial charge in [-0.25, -0.2) is 4.98 Å². The number of carbonyl (C=O) groups excluding carboxylic acids is 2. The Balaban J connectivity index is 1.29. The van der Waals surface area contributed by atoms with Crippen LogP contribution in [0.4, 0.5) is 0 Å². The standard InChI is InChI=1S/C23H26N2O3S/c1-15(26)25-23-10-16-7-17(11-23)9-22(8-16,14-23)21(27)28-12-19-13-29-20(24-19)18-5-3-2-4-6-18/h2-6,13,16-17H,7-12,14H2,1H3,(H,25,26). The molecule has 1 amide bonds. The molecule has 4 bridgehead atoms. The molecule has 6 heteroatoms. The van der Waals surface area contributed by atoms with Crippen LogP contribution in [0.2, 0.25) is 0 Å². The molecule has 1 aromatic heterocycles. The molecular weight excluding hydrogens is 384 g/mol. The van der Waals surface area contributed by atoms with Crippen LogP contribution >= 0.6 is 11.3 Å². The lowest BCUT2D eigenvalue weighted by atomic mass is 9.47. The van der Waals surface area contributed by atoms with E-state index >= 15 is 0 Å². The van der Waals surface area contributed by atoms with Gasteiger partial charge < -0.3 is 10.1 Å². The van der Waals surface area contributed by atoms with Crippen LogP contribution in [0.5, 0.6) is 0 Å². The number of hydrogen-bond acceptors (Lipinski definition) is 5. The van der Waals surface area contributed by atoms with Gasteiger partial charge in [-0.1, -0.05) is 30.3 Å². The SMILES string of the molecule is CC(=O)NC12CC3CC(C1)CC(C(=O)OCc1csc(-c4ccccc4)n1)(C3)C2. The molecule has 4 aliphatic carbocycles. The molecule has 1 heterocycles. The van der Waals surface area contributed by atoms with Crippen LogP contribution in [-0.2, 0) is 20.9 Å². The van der Waals surface area contributed by atoms with E-state index in [1.807, 2.05) is 35.7 Å². The number of ether oxygens (including phenoxy) is 1. The highest BCUT2D eigenvalue weighted by molar-refractivity contribution is 7.13. The first kappa shape index (κ1) is 18.8. The lowest BCUT2D eigenvalue weighted by molar-refractivity contribution is -0.177. The van der Waals surface area contributed by atoms with Crippen molar-refractivity contribution in [2.45, 2.75) is 57.6 Å². The number of esters is 1. The molecule has 1 aromatic carbocycles. The van der Waals surface area contributed by atoms with Crippen molar-refractivity contribution in [2.75, 3.05) is 0 Å². The number of rotatable bonds is 5. The molecule has 2 unspecified atom stereocenters. The fraction of sp³-hybridized carbons (Fsp3) is 0.522. The first-order chi connectivity index (χ1) is 14.0. The molecular formula is C23H26N2O3S. The van der Waals surface area contributed by atoms with E-state index in [0.717, 1.165) is 48.4 Å². The van der Waals surface area contributed by atoms with Gasteiger partial charge >= 0.3 is 5.97 Å². The summed E-state index contributed by atoms with van der Waals surface area (Å²) in [7, 11) is 0. The number of aromatic nitrogens is 1. The van der Waals surface area contributed by atoms with Crippen molar-refractivity contribution >= 4 is 23.2 Å². The minimum atomic E-state index is -0.440. The van der Waals surface area contributed by atoms with Crippen LogP contribution in [0.15, 0.2) is 35.7 Å². The summed E-state index contributed by atoms with van der Waals surface area (Å²) in [5.41, 5.74) is 1.22. The second-order valence-electron chi connectivity index (χ2n) is 9.29. The second kappa shape index (κ2) is 6.94. The summed E-state index contributed by atoms with van der Waals surface area (Å²) in [6.45, 7) is 1.79. The third-order valence-electron chi connectivity index (χ3n) is 6.86. The van der Waals surface area contributed by atoms with E-state index in [-0.39, 0.29) is 24.0 Å². The van der Waals surface area contributed by atoms with E-state index in [1.165, 1.54) is 6.42 Å². The maximum absolute atomic E-state index is 13.2. The molecule has 0 radical (unpaired) electrons. The van der Waals surface area contributed by atoms with Crippen molar-refractivity contribution in [1.82, 2.24) is 10.3 Å². The van der Waals surface area contributed by atoms with Gasteiger partial charge in [0, 0.05) is 23.4 Å². The summed E-state index contributed by atoms with van der Waals surface area (Å²) in [5, 5.41) is 6.11. The second-order valence-corrected chi connectivity index (χ2v) is 10.1. The lowest BCUT2D eigenvalue weighted by Gasteiger charge is -2.60. The van der Waals surface area contributed by atoms with Gasteiger partial charge in [0.2, 0.25) is 5.91 Å². The number of nitrogens with one attached hydrogen (secondary N) is 1. The fourth-order valence-electron chi connectivity index (χ4n) is 6.40. The molecule has 5 nitrogen and oxygen atoms in total. The smallest absolute Gasteiger partial charge is 0.312 e. The maximum atomic E-state index is 13.2. The largest absolute Gasteiger partial charge is 0.459 e. The number of benzene rings is 1. The van der Waals surface area contributed by atoms with E-state index in [2.05, 4.69) is 10.3 Å². The number of nitrogens with zero attached hydrogens (tertiary/aromatic N) is 1. The molecule has 4 fully saturated rings. The Labute approximate surface area is 174 Å². The van der Waals surface area contributed by atoms with Crippen molar-refractivity contribution in [3.05, 3.63) is 41.4 Å². The molecule has 2 aromatic rings. The van der Waals surface area contributed by atoms with Crippen LogP contribution in [0.3, 0.4) is 0 Å². The van der Waals surface area contributed by atoms with Gasteiger partial charge in [-0.3, -0.25) is 9.59 Å². The highest BCUT2D eigenvalue weighted by Crippen LogP contribution is 2.62. The van der Waals surface area contributed by atoms with Crippen molar-refractivity contribution < 1.29 is 14.3 Å². The van der Waals surface area contributed by atoms with Gasteiger partial charge in [-0.15, -0.1) is 11.3 Å². The highest BCUT2D eigenvalue weighted by Gasteiger charge is 2.61. The molecule has 4 saturated carbocycles. The summed E-state index contributed by atoms with van der Waals surface area (Å²) in [6.07, 6.45) is 5.71. The summed E-state index contributed by atoms with van der Waals surface area (Å²) in [4.78, 5) is 29.6. The monoisotopic (exact) mass is 410 g/mol. The molecule has 0 saturated heterocycles. The van der Waals surface area contributed by atoms with Crippen LogP contribution in [0.25, 0.3) is 10.6 Å². The average Bonchev–Trinajstić information content (AvgIpc) is 3.14. The topological polar surface area (TPSA) is 68.3 Å². The third kappa shape index (κ3) is 3.48. The predicted molar refractivity (Wildman–Crippen MR) is 111 cm³/mol. The van der Waals surface area contributed by atoms with E-state index in [0.29, 0.717) is 11.8 Å². The van der Waals surface area contributed by atoms with Crippen LogP contribution in [-0.4, -0.2) is 22.4 Å². The predicted octanol–water partition coefficient (Wildman–Crippen LogP) is 4.33. The van der Waals surface area contributed by atoms with Crippen molar-refractivity contribution in [2.24, 2.45) is 17.3 Å². The van der Waals surface area contributed by atoms with Crippen molar-refractivity contribution in [3.8, 4) is 10.6 Å². The Bertz CT molecular complexity index is 925. The number of carbonyl (C=O) groups is 2. The van der Waals surface area contributed by atoms with Crippen LogP contribution in [0.1, 0.15) is 51.1 Å². The van der Waals surface area contributed by atoms with E-state index in [4.69, 9.17) is 4.74 Å². The molecule has 29 heavy (non-hydrogen) atoms. The van der Waals surface area contributed by atoms with Crippen LogP contribution < -0.4 is 5.32 Å². The Morgan fingerprint density at radius 2 is 1.90 bits per heavy atom. The Hall–Kier alpha value is -2.21. The van der Waals surface area contributed by atoms with Gasteiger partial charge in [0.15, 0.2) is 0 Å². The maximum Gasteiger partial charge on any atom is 0.312 e. The molecule has 2 atom stereocenters. The van der Waals surface area contributed by atoms with Crippen LogP contribution in [0, 0.1) is 17.3 Å². The quantitative estimate of drug-likeness (QED) is 0.745. The Morgan fingerprint density at radius 3 is 2.59 bits per heavy atom. The van der Waals surface area contributed by atoms with E-state index in [9.17, 15) is 9.59 Å². The normalized spacial score (nSPS) is 32.2. The van der Waals surface area contributed by atoms with Crippen molar-refractivity contribution in [1.29, 1.82) is 0 Å². The minimum Gasteiger partial charge on any atom is -0.459 e. The fourth-order valence-corrected chi connectivity index (χ4v) is 7.21. The number of hydrogen-bond donors (Lipinski definition) is 1. The van der Waals surface area contributed by atoms with Gasteiger partial charge in [0.05, 0.1) is 11.1 Å². The van der Waals surface area contributed by atoms with E-state index < -0.39 is 5.41 Å². The Morgan fingerprint density at radius 1 is 1.17 bits per heavy atom. The summed E-state index contributed by atoms with van der Waals surface area (Å²) >= 11 is 1.57. The molecule has 152 valence electrons. The third-order valence-corrected chi connectivity index (χ3v) is 7.80. The average molecular weight is 411 g/mol. The number of amides is 1. The zero-order valence-corrected chi connectivity index (χ0v) is 17.5. The molecule has 4 aliphatic rings. The van der Waals surface area contributed by atoms with E-state index in [1.54, 1.807) is 18.3 Å². The first-order valence-electron chi connectivity index (χ1n) is 10.4. The molecule has 0 spiro atoms. The van der Waals surface area contributed by atoms with Gasteiger partial charge in [-0.2, -0.15) is 0 Å². The molecule has 6 rings (SSSR count). The summed E-state index contributed by atoms with van der Waals surface area (Å²) in [6, 6.07) is 10.0. The molecule has 0 aliphatic heterocycles. The first-order valence-corrected chi connectivity index (χ1v) is 11.3. The van der Waals surface area contributed by atoms with Gasteiger partial charge in [0.1, 0.15) is 11.6 Å². The van der Waals surface area contributed by atoms with Gasteiger partial charge in [0.25, 0.3) is 0 Å². The Kier molecular flexibility index (Phi) is 4.50. The highest BCUT2D eigenvalue weighted by atomic mass is 32.1. The van der Waals surface area contributed by atoms with Gasteiger partial charge in [-0.05, 0) is 50.4 Å². The summed E-state index contributed by atoms with van der Waals surface area (Å²) in [5.74, 6) is 0.932. The zero-order valence-electron chi connectivity index (χ0n) is 16.6. The lowest BCUT2D eigenvalue weighted by Crippen LogP contribution is -2.64. The minimum absolute atomic E-state index is 0.00591. The number of thiazole rings is 1. The summed E-state index contributed by atoms with van der Waals surface area (Å²) < 4.78 is 5.80. The zero-order chi connectivity index (χ0) is 20.1.